The number of carbonyl (C=O) groups is 2. The van der Waals surface area contributed by atoms with E-state index >= 15 is 0 Å². The van der Waals surface area contributed by atoms with Crippen molar-refractivity contribution < 1.29 is 9.59 Å². The maximum Gasteiger partial charge on any atom is 0.251 e. The van der Waals surface area contributed by atoms with Crippen molar-refractivity contribution in [3.05, 3.63) is 65.7 Å². The minimum Gasteiger partial charge on any atom is -0.352 e. The van der Waals surface area contributed by atoms with Crippen LogP contribution in [0.3, 0.4) is 0 Å². The van der Waals surface area contributed by atoms with Crippen molar-refractivity contribution in [1.29, 1.82) is 0 Å². The van der Waals surface area contributed by atoms with Crippen LogP contribution in [0.4, 0.5) is 5.69 Å². The topological polar surface area (TPSA) is 84.2 Å². The van der Waals surface area contributed by atoms with E-state index in [0.29, 0.717) is 17.8 Å². The van der Waals surface area contributed by atoms with Gasteiger partial charge in [0.25, 0.3) is 5.91 Å². The lowest BCUT2D eigenvalue weighted by atomic mass is 9.98. The first-order valence-electron chi connectivity index (χ1n) is 8.09. The van der Waals surface area contributed by atoms with Crippen molar-refractivity contribution >= 4 is 17.5 Å². The minimum atomic E-state index is -0.427. The molecule has 0 aliphatic rings. The summed E-state index contributed by atoms with van der Waals surface area (Å²) in [5.74, 6) is -0.759. The second-order valence-corrected chi connectivity index (χ2v) is 5.52. The molecule has 0 radical (unpaired) electrons. The summed E-state index contributed by atoms with van der Waals surface area (Å²) in [6.45, 7) is 2.83. The summed E-state index contributed by atoms with van der Waals surface area (Å²) in [4.78, 5) is 24.5. The number of hydrogen-bond donors (Lipinski definition) is 3. The molecule has 0 aromatic heterocycles. The predicted octanol–water partition coefficient (Wildman–Crippen LogP) is 2.51. The molecule has 1 unspecified atom stereocenters. The van der Waals surface area contributed by atoms with Crippen LogP contribution in [-0.2, 0) is 4.79 Å². The maximum absolute atomic E-state index is 12.5. The average molecular weight is 325 g/mol. The first kappa shape index (κ1) is 17.7. The van der Waals surface area contributed by atoms with Gasteiger partial charge in [-0.3, -0.25) is 9.59 Å². The number of anilines is 1. The molecule has 5 heteroatoms. The third-order valence-electron chi connectivity index (χ3n) is 3.68. The fourth-order valence-electron chi connectivity index (χ4n) is 2.39. The van der Waals surface area contributed by atoms with Crippen molar-refractivity contribution in [2.24, 2.45) is 5.73 Å². The van der Waals surface area contributed by atoms with Crippen molar-refractivity contribution in [3.63, 3.8) is 0 Å². The molecule has 5 nitrogen and oxygen atoms in total. The highest BCUT2D eigenvalue weighted by Gasteiger charge is 2.19. The molecule has 0 heterocycles. The number of amides is 2. The van der Waals surface area contributed by atoms with Gasteiger partial charge in [0.15, 0.2) is 0 Å². The van der Waals surface area contributed by atoms with E-state index in [4.69, 9.17) is 5.73 Å². The third kappa shape index (κ3) is 4.67. The van der Waals surface area contributed by atoms with E-state index in [2.05, 4.69) is 10.6 Å². The van der Waals surface area contributed by atoms with Crippen LogP contribution in [0, 0.1) is 0 Å². The largest absolute Gasteiger partial charge is 0.352 e. The van der Waals surface area contributed by atoms with Gasteiger partial charge in [0.05, 0.1) is 5.92 Å². The van der Waals surface area contributed by atoms with E-state index in [0.717, 1.165) is 12.0 Å². The summed E-state index contributed by atoms with van der Waals surface area (Å²) >= 11 is 0. The third-order valence-corrected chi connectivity index (χ3v) is 3.68. The van der Waals surface area contributed by atoms with E-state index in [-0.39, 0.29) is 18.4 Å². The van der Waals surface area contributed by atoms with Crippen LogP contribution in [0.25, 0.3) is 0 Å². The zero-order valence-corrected chi connectivity index (χ0v) is 13.8. The Labute approximate surface area is 142 Å². The number of nitrogens with one attached hydrogen (secondary N) is 2. The van der Waals surface area contributed by atoms with Gasteiger partial charge >= 0.3 is 0 Å². The predicted molar refractivity (Wildman–Crippen MR) is 95.9 cm³/mol. The molecule has 0 spiro atoms. The molecular formula is C19H23N3O2. The smallest absolute Gasteiger partial charge is 0.251 e. The Bertz CT molecular complexity index is 686. The van der Waals surface area contributed by atoms with Crippen LogP contribution in [0.5, 0.6) is 0 Å². The van der Waals surface area contributed by atoms with Gasteiger partial charge in [-0.2, -0.15) is 0 Å². The Balaban J connectivity index is 2.09. The van der Waals surface area contributed by atoms with Gasteiger partial charge in [0.2, 0.25) is 5.91 Å². The molecule has 126 valence electrons. The van der Waals surface area contributed by atoms with Gasteiger partial charge in [0, 0.05) is 24.3 Å². The van der Waals surface area contributed by atoms with Crippen LogP contribution < -0.4 is 16.4 Å². The normalized spacial score (nSPS) is 11.6. The highest BCUT2D eigenvalue weighted by Crippen LogP contribution is 2.18. The summed E-state index contributed by atoms with van der Waals surface area (Å²) in [5.41, 5.74) is 7.74. The molecule has 0 bridgehead atoms. The number of hydrogen-bond acceptors (Lipinski definition) is 3. The molecule has 1 atom stereocenters. The lowest BCUT2D eigenvalue weighted by Gasteiger charge is -2.15. The zero-order chi connectivity index (χ0) is 17.4. The van der Waals surface area contributed by atoms with Crippen LogP contribution in [0.1, 0.15) is 35.2 Å². The summed E-state index contributed by atoms with van der Waals surface area (Å²) < 4.78 is 0. The van der Waals surface area contributed by atoms with E-state index in [1.54, 1.807) is 24.3 Å². The number of nitrogens with two attached hydrogens (primary N) is 1. The number of benzene rings is 2. The van der Waals surface area contributed by atoms with Crippen molar-refractivity contribution in [1.82, 2.24) is 5.32 Å². The van der Waals surface area contributed by atoms with Crippen molar-refractivity contribution in [3.8, 4) is 0 Å². The molecule has 0 aliphatic heterocycles. The molecule has 2 aromatic carbocycles. The second-order valence-electron chi connectivity index (χ2n) is 5.52. The number of carbonyl (C=O) groups excluding carboxylic acids is 2. The summed E-state index contributed by atoms with van der Waals surface area (Å²) in [5, 5.41) is 5.66. The Morgan fingerprint density at radius 3 is 2.50 bits per heavy atom. The molecule has 4 N–H and O–H groups in total. The summed E-state index contributed by atoms with van der Waals surface area (Å²) in [7, 11) is 0. The van der Waals surface area contributed by atoms with Crippen molar-refractivity contribution in [2.75, 3.05) is 18.4 Å². The molecule has 2 aromatic rings. The Morgan fingerprint density at radius 1 is 1.08 bits per heavy atom. The molecule has 0 fully saturated rings. The highest BCUT2D eigenvalue weighted by molar-refractivity contribution is 5.99. The Kier molecular flexibility index (Phi) is 6.51. The zero-order valence-electron chi connectivity index (χ0n) is 13.8. The average Bonchev–Trinajstić information content (AvgIpc) is 2.61. The van der Waals surface area contributed by atoms with Crippen LogP contribution in [0.15, 0.2) is 54.6 Å². The first-order valence-corrected chi connectivity index (χ1v) is 8.09. The lowest BCUT2D eigenvalue weighted by molar-refractivity contribution is -0.117. The quantitative estimate of drug-likeness (QED) is 0.731. The van der Waals surface area contributed by atoms with Gasteiger partial charge in [0.1, 0.15) is 0 Å². The molecule has 2 amide bonds. The maximum atomic E-state index is 12.5. The molecule has 24 heavy (non-hydrogen) atoms. The van der Waals surface area contributed by atoms with Gasteiger partial charge in [-0.1, -0.05) is 43.3 Å². The minimum absolute atomic E-state index is 0.147. The van der Waals surface area contributed by atoms with E-state index in [1.165, 1.54) is 0 Å². The van der Waals surface area contributed by atoms with Gasteiger partial charge < -0.3 is 16.4 Å². The van der Waals surface area contributed by atoms with E-state index in [9.17, 15) is 9.59 Å². The Hall–Kier alpha value is -2.66. The number of rotatable bonds is 7. The standard InChI is InChI=1S/C19H23N3O2/c1-2-11-21-18(23)15-9-6-10-16(12-15)22-19(24)17(13-20)14-7-4-3-5-8-14/h3-10,12,17H,2,11,13,20H2,1H3,(H,21,23)(H,22,24). The van der Waals surface area contributed by atoms with Crippen LogP contribution in [0.2, 0.25) is 0 Å². The Morgan fingerprint density at radius 2 is 1.83 bits per heavy atom. The highest BCUT2D eigenvalue weighted by atomic mass is 16.2. The molecular weight excluding hydrogens is 302 g/mol. The summed E-state index contributed by atoms with van der Waals surface area (Å²) in [6.07, 6.45) is 0.872. The van der Waals surface area contributed by atoms with E-state index < -0.39 is 5.92 Å². The second kappa shape index (κ2) is 8.84. The van der Waals surface area contributed by atoms with Crippen molar-refractivity contribution in [2.45, 2.75) is 19.3 Å². The monoisotopic (exact) mass is 325 g/mol. The molecule has 2 rings (SSSR count). The lowest BCUT2D eigenvalue weighted by Crippen LogP contribution is -2.28. The molecule has 0 saturated carbocycles. The molecule has 0 aliphatic carbocycles. The van der Waals surface area contributed by atoms with Crippen LogP contribution >= 0.6 is 0 Å². The first-order chi connectivity index (χ1) is 11.7. The molecule has 0 saturated heterocycles. The fraction of sp³-hybridized carbons (Fsp3) is 0.263. The van der Waals surface area contributed by atoms with E-state index in [1.807, 2.05) is 37.3 Å². The van der Waals surface area contributed by atoms with Gasteiger partial charge in [-0.15, -0.1) is 0 Å². The summed E-state index contributed by atoms with van der Waals surface area (Å²) in [6, 6.07) is 16.3. The van der Waals surface area contributed by atoms with Gasteiger partial charge in [-0.25, -0.2) is 0 Å². The van der Waals surface area contributed by atoms with Crippen LogP contribution in [-0.4, -0.2) is 24.9 Å². The van der Waals surface area contributed by atoms with Gasteiger partial charge in [-0.05, 0) is 30.2 Å². The fourth-order valence-corrected chi connectivity index (χ4v) is 2.39. The SMILES string of the molecule is CCCNC(=O)c1cccc(NC(=O)C(CN)c2ccccc2)c1.